The first kappa shape index (κ1) is 52.7. The van der Waals surface area contributed by atoms with Gasteiger partial charge in [-0.25, -0.2) is 27.0 Å². The first-order valence-corrected chi connectivity index (χ1v) is 24.0. The van der Waals surface area contributed by atoms with Gasteiger partial charge in [0.2, 0.25) is 5.91 Å². The van der Waals surface area contributed by atoms with Crippen molar-refractivity contribution in [1.82, 2.24) is 34.2 Å². The van der Waals surface area contributed by atoms with E-state index in [4.69, 9.17) is 11.6 Å². The van der Waals surface area contributed by atoms with Crippen LogP contribution in [-0.4, -0.2) is 87.6 Å². The maximum atomic E-state index is 15.6. The molecule has 2 amide bonds. The third-order valence-corrected chi connectivity index (χ3v) is 14.5. The van der Waals surface area contributed by atoms with Crippen LogP contribution in [0.1, 0.15) is 78.7 Å². The molecule has 7 rings (SSSR count). The quantitative estimate of drug-likeness (QED) is 0.0420. The fourth-order valence-electron chi connectivity index (χ4n) is 8.08. The number of benzene rings is 2. The summed E-state index contributed by atoms with van der Waals surface area (Å²) >= 11 is 2.99. The van der Waals surface area contributed by atoms with E-state index in [1.165, 1.54) is 20.8 Å². The minimum atomic E-state index is -5.22. The van der Waals surface area contributed by atoms with Gasteiger partial charge in [0.25, 0.3) is 5.92 Å². The lowest BCUT2D eigenvalue weighted by Crippen LogP contribution is -2.38. The molecule has 0 radical (unpaired) electrons. The molecule has 1 saturated carbocycles. The van der Waals surface area contributed by atoms with Crippen molar-refractivity contribution in [3.05, 3.63) is 98.7 Å². The SMILES string of the molecule is CCOC(=O)C(=O)N(Cc1nn(CC(F)(F)F)c2c(-c3ccc(C#CC(C)(C)S(C)(=O)=O)nc3C(Cc3cc(F)cc(F)c3)NC(=O)Cn3nc(C(F)(F)F)c4c3C(F)(F)[C@@H]3C[C@H]43)ccc(Cl)c12)S(=O)[O-]. The number of alkyl halides is 8. The molecule has 28 heteroatoms. The second kappa shape index (κ2) is 18.8. The molecular weight excluding hydrogens is 1030 g/mol. The van der Waals surface area contributed by atoms with Crippen molar-refractivity contribution in [1.29, 1.82) is 0 Å². The summed E-state index contributed by atoms with van der Waals surface area (Å²) in [5.74, 6) is -8.51. The molecule has 1 fully saturated rings. The molecule has 0 saturated heterocycles. The van der Waals surface area contributed by atoms with E-state index >= 15 is 8.78 Å². The number of aromatic nitrogens is 5. The van der Waals surface area contributed by atoms with Crippen molar-refractivity contribution in [3.8, 4) is 23.0 Å². The largest absolute Gasteiger partial charge is 0.755 e. The van der Waals surface area contributed by atoms with Gasteiger partial charge in [0.05, 0.1) is 52.4 Å². The van der Waals surface area contributed by atoms with E-state index < -0.39 is 162 Å². The first-order valence-electron chi connectivity index (χ1n) is 20.7. The Labute approximate surface area is 403 Å². The summed E-state index contributed by atoms with van der Waals surface area (Å²) in [5, 5.41) is 8.89. The summed E-state index contributed by atoms with van der Waals surface area (Å²) in [6.45, 7) is -1.05. The summed E-state index contributed by atoms with van der Waals surface area (Å²) in [6, 6.07) is 4.82. The lowest BCUT2D eigenvalue weighted by atomic mass is 9.93. The number of carbonyl (C=O) groups is 3. The summed E-state index contributed by atoms with van der Waals surface area (Å²) in [4.78, 5) is 43.8. The van der Waals surface area contributed by atoms with Crippen LogP contribution >= 0.6 is 11.6 Å². The number of halogens is 11. The highest BCUT2D eigenvalue weighted by atomic mass is 35.5. The highest BCUT2D eigenvalue weighted by molar-refractivity contribution is 7.92. The number of hydrogen-bond donors (Lipinski definition) is 1. The van der Waals surface area contributed by atoms with Crippen LogP contribution < -0.4 is 5.32 Å². The molecule has 5 aromatic rings. The van der Waals surface area contributed by atoms with Gasteiger partial charge >= 0.3 is 24.2 Å². The van der Waals surface area contributed by atoms with Gasteiger partial charge in [0, 0.05) is 40.3 Å². The molecule has 4 atom stereocenters. The summed E-state index contributed by atoms with van der Waals surface area (Å²) < 4.78 is 199. The third-order valence-electron chi connectivity index (χ3n) is 11.5. The van der Waals surface area contributed by atoms with E-state index in [1.807, 2.05) is 0 Å². The molecule has 2 aliphatic carbocycles. The van der Waals surface area contributed by atoms with E-state index in [0.717, 1.165) is 42.7 Å². The van der Waals surface area contributed by atoms with Gasteiger partial charge in [-0.15, -0.1) is 0 Å². The van der Waals surface area contributed by atoms with Crippen LogP contribution in [0.15, 0.2) is 42.5 Å². The Hall–Kier alpha value is -6.11. The number of amides is 2. The maximum Gasteiger partial charge on any atom is 0.435 e. The first-order chi connectivity index (χ1) is 32.8. The van der Waals surface area contributed by atoms with Crippen LogP contribution in [-0.2, 0) is 78.4 Å². The van der Waals surface area contributed by atoms with E-state index in [2.05, 4.69) is 37.1 Å². The van der Waals surface area contributed by atoms with Crippen molar-refractivity contribution >= 4 is 61.4 Å². The molecule has 2 aromatic carbocycles. The van der Waals surface area contributed by atoms with Crippen molar-refractivity contribution < 1.29 is 80.2 Å². The Bertz CT molecular complexity index is 3200. The Balaban J connectivity index is 1.46. The predicted octanol–water partition coefficient (Wildman–Crippen LogP) is 6.98. The number of rotatable bonds is 13. The zero-order valence-corrected chi connectivity index (χ0v) is 39.3. The Kier molecular flexibility index (Phi) is 14.0. The molecule has 2 aliphatic rings. The maximum absolute atomic E-state index is 15.6. The monoisotopic (exact) mass is 1070 g/mol. The Morgan fingerprint density at radius 3 is 2.27 bits per heavy atom. The summed E-state index contributed by atoms with van der Waals surface area (Å²) in [7, 11) is -3.90. The topological polar surface area (TPSA) is 199 Å². The molecule has 3 aromatic heterocycles. The predicted molar refractivity (Wildman–Crippen MR) is 229 cm³/mol. The van der Waals surface area contributed by atoms with Crippen LogP contribution in [0.4, 0.5) is 43.9 Å². The lowest BCUT2D eigenvalue weighted by molar-refractivity contribution is -0.157. The van der Waals surface area contributed by atoms with Crippen LogP contribution in [0, 0.1) is 29.4 Å². The third kappa shape index (κ3) is 10.7. The van der Waals surface area contributed by atoms with E-state index in [-0.39, 0.29) is 44.4 Å². The molecule has 380 valence electrons. The average molecular weight is 1070 g/mol. The number of ether oxygens (including phenoxy) is 1. The standard InChI is InChI=1S/C43H36ClF10N7O8S2/c1-5-69-39(64)38(63)61(70(65)66)17-30-33-28(44)9-8-25(35(33)60(57-30)19-41(47,48)49)24-7-6-23(10-11-40(2,3)71(4,67)68)55-34(24)29(14-20-12-21(45)15-22(46)13-20)56-31(62)18-59-37-32(36(58-59)43(52,53)54)26-16-27(26)42(37,50)51/h6-9,12-13,15,26-27,29H,5,14,16-19H2,1-4H3,(H,56,62)(H,65,66)/p-1/t26-,27+,29?/m0/s1. The molecule has 15 nitrogen and oxygen atoms in total. The molecule has 0 spiro atoms. The second-order valence-electron chi connectivity index (χ2n) is 16.9. The minimum absolute atomic E-state index is 0.103. The molecule has 0 aliphatic heterocycles. The number of fused-ring (bicyclic) bond motifs is 4. The summed E-state index contributed by atoms with van der Waals surface area (Å²) in [6.07, 6.45) is -10.4. The molecule has 71 heavy (non-hydrogen) atoms. The van der Waals surface area contributed by atoms with Gasteiger partial charge in [-0.05, 0) is 81.3 Å². The normalized spacial score (nSPS) is 17.2. The van der Waals surface area contributed by atoms with Gasteiger partial charge < -0.3 is 14.6 Å². The van der Waals surface area contributed by atoms with Gasteiger partial charge in [-0.3, -0.25) is 27.5 Å². The van der Waals surface area contributed by atoms with Gasteiger partial charge in [-0.2, -0.15) is 45.3 Å². The Morgan fingerprint density at radius 1 is 1.03 bits per heavy atom. The fourth-order valence-corrected chi connectivity index (χ4v) is 9.02. The number of pyridine rings is 1. The zero-order valence-electron chi connectivity index (χ0n) is 36.9. The number of nitrogens with zero attached hydrogens (tertiary/aromatic N) is 6. The van der Waals surface area contributed by atoms with Crippen molar-refractivity contribution in [2.45, 2.75) is 88.2 Å². The highest BCUT2D eigenvalue weighted by Crippen LogP contribution is 2.68. The highest BCUT2D eigenvalue weighted by Gasteiger charge is 2.68. The minimum Gasteiger partial charge on any atom is -0.755 e. The molecule has 1 N–H and O–H groups in total. The average Bonchev–Trinajstić information content (AvgIpc) is 3.76. The molecular formula is C43H35ClF10N7O8S2-. The van der Waals surface area contributed by atoms with Crippen LogP contribution in [0.25, 0.3) is 22.0 Å². The fraction of sp³-hybridized carbons (Fsp3) is 0.395. The van der Waals surface area contributed by atoms with E-state index in [1.54, 1.807) is 0 Å². The van der Waals surface area contributed by atoms with Gasteiger partial charge in [-0.1, -0.05) is 23.6 Å². The molecule has 2 unspecified atom stereocenters. The van der Waals surface area contributed by atoms with Crippen molar-refractivity contribution in [3.63, 3.8) is 0 Å². The number of nitrogens with one attached hydrogen (secondary N) is 1. The van der Waals surface area contributed by atoms with Crippen molar-refractivity contribution in [2.75, 3.05) is 12.9 Å². The van der Waals surface area contributed by atoms with Crippen molar-refractivity contribution in [2.24, 2.45) is 5.92 Å². The van der Waals surface area contributed by atoms with Crippen LogP contribution in [0.2, 0.25) is 5.02 Å². The number of sulfone groups is 1. The number of hydrogen-bond acceptors (Lipinski definition) is 11. The molecule has 3 heterocycles. The lowest BCUT2D eigenvalue weighted by Gasteiger charge is -2.23. The second-order valence-corrected chi connectivity index (χ2v) is 20.8. The zero-order chi connectivity index (χ0) is 52.5. The molecule has 0 bridgehead atoms. The van der Waals surface area contributed by atoms with E-state index in [0.29, 0.717) is 10.7 Å². The number of esters is 1. The summed E-state index contributed by atoms with van der Waals surface area (Å²) in [5.41, 5.74) is -6.36. The van der Waals surface area contributed by atoms with Crippen LogP contribution in [0.5, 0.6) is 0 Å². The smallest absolute Gasteiger partial charge is 0.435 e. The Morgan fingerprint density at radius 2 is 1.68 bits per heavy atom. The van der Waals surface area contributed by atoms with Crippen LogP contribution in [0.3, 0.4) is 0 Å². The van der Waals surface area contributed by atoms with E-state index in [9.17, 15) is 66.7 Å². The van der Waals surface area contributed by atoms with Gasteiger partial charge in [0.15, 0.2) is 15.5 Å². The number of carbonyl (C=O) groups excluding carboxylic acids is 3. The van der Waals surface area contributed by atoms with Gasteiger partial charge in [0.1, 0.15) is 40.9 Å².